The summed E-state index contributed by atoms with van der Waals surface area (Å²) in [5.74, 6) is 0. The van der Waals surface area contributed by atoms with Crippen LogP contribution in [0.1, 0.15) is 20.8 Å². The van der Waals surface area contributed by atoms with E-state index in [0.717, 1.165) is 17.9 Å². The number of aliphatic imine (C=N–C) groups is 1. The SMILES string of the molecule is C=NC1=C(N(C)CC)C=CC(C)(C)C=C1. The molecule has 0 saturated heterocycles. The van der Waals surface area contributed by atoms with Gasteiger partial charge in [0.25, 0.3) is 0 Å². The summed E-state index contributed by atoms with van der Waals surface area (Å²) >= 11 is 0. The summed E-state index contributed by atoms with van der Waals surface area (Å²) in [5, 5.41) is 0. The van der Waals surface area contributed by atoms with Crippen LogP contribution in [-0.2, 0) is 0 Å². The molecule has 0 bridgehead atoms. The Morgan fingerprint density at radius 2 is 1.93 bits per heavy atom. The van der Waals surface area contributed by atoms with Crippen molar-refractivity contribution in [1.29, 1.82) is 0 Å². The first-order valence-electron chi connectivity index (χ1n) is 5.31. The van der Waals surface area contributed by atoms with Gasteiger partial charge < -0.3 is 4.90 Å². The van der Waals surface area contributed by atoms with E-state index in [1.54, 1.807) is 0 Å². The highest BCUT2D eigenvalue weighted by Crippen LogP contribution is 2.26. The van der Waals surface area contributed by atoms with Crippen molar-refractivity contribution in [2.75, 3.05) is 13.6 Å². The van der Waals surface area contributed by atoms with Crippen molar-refractivity contribution < 1.29 is 0 Å². The molecule has 0 aliphatic heterocycles. The topological polar surface area (TPSA) is 15.6 Å². The van der Waals surface area contributed by atoms with Crippen LogP contribution in [0.15, 0.2) is 40.7 Å². The second kappa shape index (κ2) is 4.47. The molecule has 15 heavy (non-hydrogen) atoms. The van der Waals surface area contributed by atoms with E-state index in [1.807, 2.05) is 0 Å². The van der Waals surface area contributed by atoms with Crippen LogP contribution in [0, 0.1) is 5.41 Å². The first-order chi connectivity index (χ1) is 7.00. The van der Waals surface area contributed by atoms with Crippen molar-refractivity contribution in [3.05, 3.63) is 35.7 Å². The van der Waals surface area contributed by atoms with E-state index in [2.05, 4.69) is 68.7 Å². The number of allylic oxidation sites excluding steroid dienone is 4. The standard InChI is InChI=1S/C13H20N2/c1-6-15(5)12-8-10-13(2,3)9-7-11(12)14-4/h7-10H,4,6H2,1-3,5H3. The molecule has 1 aliphatic rings. The van der Waals surface area contributed by atoms with Crippen molar-refractivity contribution in [2.45, 2.75) is 20.8 Å². The molecular weight excluding hydrogens is 184 g/mol. The smallest absolute Gasteiger partial charge is 0.0852 e. The first kappa shape index (κ1) is 11.8. The Bertz CT molecular complexity index is 332. The van der Waals surface area contributed by atoms with Crippen LogP contribution in [0.4, 0.5) is 0 Å². The summed E-state index contributed by atoms with van der Waals surface area (Å²) < 4.78 is 0. The summed E-state index contributed by atoms with van der Waals surface area (Å²) in [6, 6.07) is 0. The van der Waals surface area contributed by atoms with Crippen LogP contribution in [0.2, 0.25) is 0 Å². The summed E-state index contributed by atoms with van der Waals surface area (Å²) in [6.07, 6.45) is 8.54. The predicted molar refractivity (Wildman–Crippen MR) is 66.9 cm³/mol. The van der Waals surface area contributed by atoms with E-state index in [1.165, 1.54) is 0 Å². The fourth-order valence-corrected chi connectivity index (χ4v) is 1.44. The Hall–Kier alpha value is -1.31. The van der Waals surface area contributed by atoms with E-state index in [4.69, 9.17) is 0 Å². The van der Waals surface area contributed by atoms with Gasteiger partial charge in [0.2, 0.25) is 0 Å². The van der Waals surface area contributed by atoms with Gasteiger partial charge >= 0.3 is 0 Å². The maximum absolute atomic E-state index is 4.07. The number of hydrogen-bond acceptors (Lipinski definition) is 2. The maximum Gasteiger partial charge on any atom is 0.0852 e. The van der Waals surface area contributed by atoms with Crippen LogP contribution in [-0.4, -0.2) is 25.2 Å². The quantitative estimate of drug-likeness (QED) is 0.645. The second-order valence-corrected chi connectivity index (χ2v) is 4.43. The minimum atomic E-state index is 0.0896. The molecule has 2 heteroatoms. The van der Waals surface area contributed by atoms with Crippen molar-refractivity contribution in [2.24, 2.45) is 10.4 Å². The summed E-state index contributed by atoms with van der Waals surface area (Å²) in [4.78, 5) is 6.25. The molecule has 0 atom stereocenters. The van der Waals surface area contributed by atoms with Crippen molar-refractivity contribution >= 4 is 6.72 Å². The Kier molecular flexibility index (Phi) is 3.51. The maximum atomic E-state index is 4.07. The van der Waals surface area contributed by atoms with E-state index in [9.17, 15) is 0 Å². The van der Waals surface area contributed by atoms with Crippen LogP contribution in [0.5, 0.6) is 0 Å². The molecule has 2 nitrogen and oxygen atoms in total. The lowest BCUT2D eigenvalue weighted by molar-refractivity contribution is 0.451. The number of hydrogen-bond donors (Lipinski definition) is 0. The molecule has 0 aromatic rings. The van der Waals surface area contributed by atoms with Crippen LogP contribution >= 0.6 is 0 Å². The van der Waals surface area contributed by atoms with Crippen LogP contribution < -0.4 is 0 Å². The van der Waals surface area contributed by atoms with Gasteiger partial charge in [0, 0.05) is 19.0 Å². The number of rotatable bonds is 3. The molecule has 1 aliphatic carbocycles. The van der Waals surface area contributed by atoms with Gasteiger partial charge in [-0.05, 0) is 25.8 Å². The largest absolute Gasteiger partial charge is 0.373 e. The molecule has 0 unspecified atom stereocenters. The number of likely N-dealkylation sites (N-methyl/N-ethyl adjacent to an activating group) is 1. The Morgan fingerprint density at radius 3 is 2.47 bits per heavy atom. The molecule has 1 rings (SSSR count). The molecule has 0 spiro atoms. The molecule has 0 aromatic carbocycles. The molecule has 0 N–H and O–H groups in total. The van der Waals surface area contributed by atoms with Crippen molar-refractivity contribution in [3.8, 4) is 0 Å². The summed E-state index contributed by atoms with van der Waals surface area (Å²) in [7, 11) is 2.07. The number of nitrogens with zero attached hydrogens (tertiary/aromatic N) is 2. The van der Waals surface area contributed by atoms with Gasteiger partial charge in [-0.1, -0.05) is 26.0 Å². The molecule has 0 radical (unpaired) electrons. The minimum absolute atomic E-state index is 0.0896. The van der Waals surface area contributed by atoms with Gasteiger partial charge in [-0.2, -0.15) is 0 Å². The van der Waals surface area contributed by atoms with Crippen LogP contribution in [0.3, 0.4) is 0 Å². The normalized spacial score (nSPS) is 18.9. The van der Waals surface area contributed by atoms with Gasteiger partial charge in [-0.3, -0.25) is 4.99 Å². The van der Waals surface area contributed by atoms with Gasteiger partial charge in [0.1, 0.15) is 0 Å². The third-order valence-electron chi connectivity index (χ3n) is 2.66. The zero-order valence-electron chi connectivity index (χ0n) is 10.1. The fraction of sp³-hybridized carbons (Fsp3) is 0.462. The van der Waals surface area contributed by atoms with Gasteiger partial charge in [0.05, 0.1) is 11.4 Å². The minimum Gasteiger partial charge on any atom is -0.373 e. The predicted octanol–water partition coefficient (Wildman–Crippen LogP) is 3.00. The lowest BCUT2D eigenvalue weighted by Gasteiger charge is -2.19. The van der Waals surface area contributed by atoms with Gasteiger partial charge in [-0.25, -0.2) is 0 Å². The van der Waals surface area contributed by atoms with E-state index < -0.39 is 0 Å². The average molecular weight is 204 g/mol. The third kappa shape index (κ3) is 2.82. The molecule has 82 valence electrons. The molecule has 0 heterocycles. The second-order valence-electron chi connectivity index (χ2n) is 4.43. The molecule has 0 aromatic heterocycles. The monoisotopic (exact) mass is 204 g/mol. The van der Waals surface area contributed by atoms with E-state index in [0.29, 0.717) is 0 Å². The van der Waals surface area contributed by atoms with Crippen molar-refractivity contribution in [3.63, 3.8) is 0 Å². The Balaban J connectivity index is 3.14. The average Bonchev–Trinajstić information content (AvgIpc) is 2.35. The Morgan fingerprint density at radius 1 is 1.33 bits per heavy atom. The summed E-state index contributed by atoms with van der Waals surface area (Å²) in [6.45, 7) is 11.1. The van der Waals surface area contributed by atoms with Gasteiger partial charge in [-0.15, -0.1) is 0 Å². The highest BCUT2D eigenvalue weighted by atomic mass is 15.1. The van der Waals surface area contributed by atoms with E-state index in [-0.39, 0.29) is 5.41 Å². The van der Waals surface area contributed by atoms with Crippen LogP contribution in [0.25, 0.3) is 0 Å². The molecule has 0 amide bonds. The Labute approximate surface area is 92.7 Å². The molecular formula is C13H20N2. The van der Waals surface area contributed by atoms with Gasteiger partial charge in [0.15, 0.2) is 0 Å². The molecule has 0 saturated carbocycles. The zero-order chi connectivity index (χ0) is 11.5. The highest BCUT2D eigenvalue weighted by Gasteiger charge is 2.14. The van der Waals surface area contributed by atoms with Crippen molar-refractivity contribution in [1.82, 2.24) is 4.90 Å². The zero-order valence-corrected chi connectivity index (χ0v) is 10.1. The van der Waals surface area contributed by atoms with E-state index >= 15 is 0 Å². The molecule has 0 fully saturated rings. The highest BCUT2D eigenvalue weighted by molar-refractivity contribution is 5.42. The first-order valence-corrected chi connectivity index (χ1v) is 5.31. The lowest BCUT2D eigenvalue weighted by Crippen LogP contribution is -2.16. The summed E-state index contributed by atoms with van der Waals surface area (Å²) in [5.41, 5.74) is 2.17. The fourth-order valence-electron chi connectivity index (χ4n) is 1.44. The lowest BCUT2D eigenvalue weighted by atomic mass is 9.93. The third-order valence-corrected chi connectivity index (χ3v) is 2.66.